The van der Waals surface area contributed by atoms with Crippen molar-refractivity contribution in [1.82, 2.24) is 10.3 Å². The molecule has 4 rings (SSSR count). The number of hydrogen-bond acceptors (Lipinski definition) is 6. The van der Waals surface area contributed by atoms with E-state index in [2.05, 4.69) is 17.2 Å². The van der Waals surface area contributed by atoms with E-state index < -0.39 is 12.0 Å². The van der Waals surface area contributed by atoms with Crippen molar-refractivity contribution in [2.24, 2.45) is 0 Å². The van der Waals surface area contributed by atoms with E-state index in [1.54, 1.807) is 12.1 Å². The van der Waals surface area contributed by atoms with Crippen LogP contribution in [0.5, 0.6) is 5.75 Å². The third kappa shape index (κ3) is 8.67. The van der Waals surface area contributed by atoms with E-state index in [0.717, 1.165) is 35.4 Å². The molecule has 1 aromatic heterocycles. The number of rotatable bonds is 15. The Morgan fingerprint density at radius 3 is 2.34 bits per heavy atom. The summed E-state index contributed by atoms with van der Waals surface area (Å²) >= 11 is 0. The van der Waals surface area contributed by atoms with E-state index in [9.17, 15) is 14.7 Å². The minimum atomic E-state index is -0.974. The lowest BCUT2D eigenvalue weighted by Gasteiger charge is -2.19. The average Bonchev–Trinajstić information content (AvgIpc) is 3.37. The summed E-state index contributed by atoms with van der Waals surface area (Å²) in [6.45, 7) is 4.39. The summed E-state index contributed by atoms with van der Waals surface area (Å²) in [5.41, 5.74) is 3.84. The summed E-state index contributed by atoms with van der Waals surface area (Å²) < 4.78 is 11.7. The maximum absolute atomic E-state index is 12.7. The number of aryl methyl sites for hydroxylation is 1. The van der Waals surface area contributed by atoms with Gasteiger partial charge in [-0.2, -0.15) is 0 Å². The molecule has 4 aromatic rings. The van der Waals surface area contributed by atoms with Gasteiger partial charge in [0.25, 0.3) is 0 Å². The second-order valence-corrected chi connectivity index (χ2v) is 9.87. The number of hydrogen-bond donors (Lipinski definition) is 2. The molecule has 0 aliphatic carbocycles. The zero-order chi connectivity index (χ0) is 29.0. The molecule has 7 heteroatoms. The highest BCUT2D eigenvalue weighted by molar-refractivity contribution is 6.04. The van der Waals surface area contributed by atoms with E-state index in [-0.39, 0.29) is 12.2 Å². The van der Waals surface area contributed by atoms with Gasteiger partial charge in [0.2, 0.25) is 5.89 Å². The number of unbranched alkanes of at least 4 members (excludes halogenated alkanes) is 1. The number of carboxylic acids is 1. The van der Waals surface area contributed by atoms with Crippen LogP contribution in [0, 0.1) is 6.92 Å². The molecule has 0 amide bonds. The first-order chi connectivity index (χ1) is 19.9. The predicted molar refractivity (Wildman–Crippen MR) is 159 cm³/mol. The fraction of sp³-hybridized carbons (Fsp3) is 0.265. The van der Waals surface area contributed by atoms with Crippen molar-refractivity contribution in [1.29, 1.82) is 0 Å². The highest BCUT2D eigenvalue weighted by Crippen LogP contribution is 2.22. The number of allylic oxidation sites excluding steroid dienone is 2. The number of nitrogens with zero attached hydrogens (tertiary/aromatic N) is 1. The Kier molecular flexibility index (Phi) is 10.5. The number of carboxylic acid groups (broad SMARTS) is 1. The highest BCUT2D eigenvalue weighted by atomic mass is 16.5. The number of benzene rings is 3. The van der Waals surface area contributed by atoms with E-state index in [0.29, 0.717) is 42.3 Å². The maximum Gasteiger partial charge on any atom is 0.326 e. The Balaban J connectivity index is 1.34. The van der Waals surface area contributed by atoms with E-state index in [1.165, 1.54) is 6.08 Å². The first-order valence-electron chi connectivity index (χ1n) is 14.0. The van der Waals surface area contributed by atoms with Crippen LogP contribution in [0.4, 0.5) is 0 Å². The number of carbonyl (C=O) groups is 2. The summed E-state index contributed by atoms with van der Waals surface area (Å²) in [6, 6.07) is 25.3. The molecular weight excluding hydrogens is 516 g/mol. The van der Waals surface area contributed by atoms with Crippen molar-refractivity contribution >= 4 is 11.8 Å². The predicted octanol–water partition coefficient (Wildman–Crippen LogP) is 6.81. The fourth-order valence-corrected chi connectivity index (χ4v) is 4.41. The molecule has 0 unspecified atom stereocenters. The Labute approximate surface area is 240 Å². The molecule has 0 saturated carbocycles. The average molecular weight is 553 g/mol. The molecule has 0 saturated heterocycles. The van der Waals surface area contributed by atoms with Gasteiger partial charge in [0.15, 0.2) is 5.78 Å². The first-order valence-corrected chi connectivity index (χ1v) is 14.0. The summed E-state index contributed by atoms with van der Waals surface area (Å²) in [5.74, 6) is 0.939. The van der Waals surface area contributed by atoms with Gasteiger partial charge in [-0.1, -0.05) is 74.0 Å². The summed E-state index contributed by atoms with van der Waals surface area (Å²) in [6.07, 6.45) is 4.77. The molecular formula is C34H36N2O5. The molecule has 0 radical (unpaired) electrons. The minimum absolute atomic E-state index is 0.146. The lowest BCUT2D eigenvalue weighted by Crippen LogP contribution is -2.38. The van der Waals surface area contributed by atoms with Crippen LogP contribution in [0.1, 0.15) is 53.6 Å². The molecule has 2 N–H and O–H groups in total. The summed E-state index contributed by atoms with van der Waals surface area (Å²) in [5, 5.41) is 13.0. The summed E-state index contributed by atoms with van der Waals surface area (Å²) in [4.78, 5) is 29.5. The first kappa shape index (κ1) is 29.3. The lowest BCUT2D eigenvalue weighted by molar-refractivity contribution is -0.139. The van der Waals surface area contributed by atoms with Gasteiger partial charge < -0.3 is 19.6 Å². The lowest BCUT2D eigenvalue weighted by atomic mass is 10.0. The number of ether oxygens (including phenoxy) is 1. The van der Waals surface area contributed by atoms with Crippen LogP contribution in [0.15, 0.2) is 101 Å². The van der Waals surface area contributed by atoms with E-state index in [4.69, 9.17) is 9.15 Å². The molecule has 0 bridgehead atoms. The molecule has 0 fully saturated rings. The van der Waals surface area contributed by atoms with Gasteiger partial charge in [0.05, 0.1) is 12.3 Å². The van der Waals surface area contributed by atoms with Gasteiger partial charge in [-0.05, 0) is 49.6 Å². The largest absolute Gasteiger partial charge is 0.493 e. The van der Waals surface area contributed by atoms with Crippen LogP contribution in [0.3, 0.4) is 0 Å². The highest BCUT2D eigenvalue weighted by Gasteiger charge is 2.20. The van der Waals surface area contributed by atoms with Gasteiger partial charge in [0, 0.05) is 35.7 Å². The standard InChI is InChI=1S/C34H36N2O5/c1-3-4-15-28(23-32(37)26-11-7-5-8-12-26)35-31(34(38)39)22-25-16-18-29(19-17-25)40-21-20-30-24(2)41-33(36-30)27-13-9-6-10-14-27/h5-14,16-19,23,31,35H,3-4,15,20-22H2,1-2H3,(H,38,39)/b28-23-/t31-/m1/s1. The maximum atomic E-state index is 12.7. The Morgan fingerprint density at radius 2 is 1.68 bits per heavy atom. The second-order valence-electron chi connectivity index (χ2n) is 9.87. The zero-order valence-electron chi connectivity index (χ0n) is 23.5. The number of ketones is 1. The van der Waals surface area contributed by atoms with Crippen LogP contribution in [0.25, 0.3) is 11.5 Å². The fourth-order valence-electron chi connectivity index (χ4n) is 4.41. The van der Waals surface area contributed by atoms with Crippen LogP contribution < -0.4 is 10.1 Å². The van der Waals surface area contributed by atoms with Crippen LogP contribution >= 0.6 is 0 Å². The van der Waals surface area contributed by atoms with E-state index >= 15 is 0 Å². The molecule has 1 heterocycles. The molecule has 0 spiro atoms. The zero-order valence-corrected chi connectivity index (χ0v) is 23.5. The number of carbonyl (C=O) groups excluding carboxylic acids is 1. The van der Waals surface area contributed by atoms with Gasteiger partial charge in [-0.15, -0.1) is 0 Å². The van der Waals surface area contributed by atoms with Gasteiger partial charge >= 0.3 is 5.97 Å². The van der Waals surface area contributed by atoms with Crippen molar-refractivity contribution in [3.05, 3.63) is 119 Å². The van der Waals surface area contributed by atoms with Crippen molar-refractivity contribution in [3.8, 4) is 17.2 Å². The molecule has 0 aliphatic rings. The smallest absolute Gasteiger partial charge is 0.326 e. The SMILES string of the molecule is CCCC/C(=C/C(=O)c1ccccc1)N[C@H](Cc1ccc(OCCc2nc(-c3ccccc3)oc2C)cc1)C(=O)O. The Hall–Kier alpha value is -4.65. The quantitative estimate of drug-likeness (QED) is 0.123. The molecule has 41 heavy (non-hydrogen) atoms. The Morgan fingerprint density at radius 1 is 1.00 bits per heavy atom. The van der Waals surface area contributed by atoms with E-state index in [1.807, 2.05) is 79.7 Å². The molecule has 1 atom stereocenters. The second kappa shape index (κ2) is 14.7. The monoisotopic (exact) mass is 552 g/mol. The van der Waals surface area contributed by atoms with Crippen molar-refractivity contribution in [3.63, 3.8) is 0 Å². The molecule has 0 aliphatic heterocycles. The number of oxazole rings is 1. The Bertz CT molecular complexity index is 1440. The van der Waals surface area contributed by atoms with Gasteiger partial charge in [-0.3, -0.25) is 4.79 Å². The van der Waals surface area contributed by atoms with Crippen molar-refractivity contribution in [2.75, 3.05) is 6.61 Å². The number of aromatic nitrogens is 1. The van der Waals surface area contributed by atoms with Crippen LogP contribution in [-0.2, 0) is 17.6 Å². The van der Waals surface area contributed by atoms with Gasteiger partial charge in [0.1, 0.15) is 17.6 Å². The number of nitrogens with one attached hydrogen (secondary N) is 1. The van der Waals surface area contributed by atoms with Gasteiger partial charge in [-0.25, -0.2) is 9.78 Å². The summed E-state index contributed by atoms with van der Waals surface area (Å²) in [7, 11) is 0. The third-order valence-corrected chi connectivity index (χ3v) is 6.71. The normalized spacial score (nSPS) is 12.1. The molecule has 7 nitrogen and oxygen atoms in total. The van der Waals surface area contributed by atoms with Crippen LogP contribution in [-0.4, -0.2) is 34.5 Å². The van der Waals surface area contributed by atoms with Crippen LogP contribution in [0.2, 0.25) is 0 Å². The topological polar surface area (TPSA) is 102 Å². The number of aliphatic carboxylic acids is 1. The molecule has 212 valence electrons. The van der Waals surface area contributed by atoms with Crippen molar-refractivity contribution in [2.45, 2.75) is 52.0 Å². The van der Waals surface area contributed by atoms with Crippen molar-refractivity contribution < 1.29 is 23.8 Å². The molecule has 3 aromatic carbocycles. The third-order valence-electron chi connectivity index (χ3n) is 6.71. The minimum Gasteiger partial charge on any atom is -0.493 e.